The first kappa shape index (κ1) is 13.6. The molecule has 0 radical (unpaired) electrons. The summed E-state index contributed by atoms with van der Waals surface area (Å²) in [7, 11) is 0. The van der Waals surface area contributed by atoms with Gasteiger partial charge in [0.15, 0.2) is 0 Å². The van der Waals surface area contributed by atoms with Gasteiger partial charge in [-0.25, -0.2) is 0 Å². The van der Waals surface area contributed by atoms with Crippen LogP contribution in [-0.2, 0) is 11.2 Å². The number of carbonyl (C=O) groups is 1. The number of nitrogens with one attached hydrogen (secondary N) is 1. The van der Waals surface area contributed by atoms with Crippen molar-refractivity contribution in [3.8, 4) is 0 Å². The van der Waals surface area contributed by atoms with Crippen LogP contribution in [0.1, 0.15) is 31.2 Å². The summed E-state index contributed by atoms with van der Waals surface area (Å²) >= 11 is 3.37. The van der Waals surface area contributed by atoms with Gasteiger partial charge in [-0.15, -0.1) is 0 Å². The van der Waals surface area contributed by atoms with Crippen LogP contribution in [0.3, 0.4) is 0 Å². The van der Waals surface area contributed by atoms with Gasteiger partial charge in [0.25, 0.3) is 0 Å². The Hall–Kier alpha value is -0.870. The van der Waals surface area contributed by atoms with E-state index in [4.69, 9.17) is 0 Å². The van der Waals surface area contributed by atoms with E-state index in [1.165, 1.54) is 0 Å². The molecule has 1 amide bonds. The summed E-state index contributed by atoms with van der Waals surface area (Å²) in [6.45, 7) is 0. The van der Waals surface area contributed by atoms with Crippen molar-refractivity contribution >= 4 is 21.8 Å². The maximum atomic E-state index is 11.9. The highest BCUT2D eigenvalue weighted by Crippen LogP contribution is 2.18. The van der Waals surface area contributed by atoms with Gasteiger partial charge in [-0.1, -0.05) is 40.9 Å². The molecule has 3 nitrogen and oxygen atoms in total. The third-order valence-electron chi connectivity index (χ3n) is 3.35. The molecule has 0 spiro atoms. The van der Waals surface area contributed by atoms with Crippen LogP contribution in [0.15, 0.2) is 28.7 Å². The van der Waals surface area contributed by atoms with Crippen molar-refractivity contribution < 1.29 is 9.90 Å². The number of hydrogen-bond donors (Lipinski definition) is 2. The Morgan fingerprint density at radius 3 is 2.61 bits per heavy atom. The van der Waals surface area contributed by atoms with Gasteiger partial charge in [-0.3, -0.25) is 4.79 Å². The Bertz CT molecular complexity index is 405. The van der Waals surface area contributed by atoms with Crippen molar-refractivity contribution in [3.05, 3.63) is 34.3 Å². The molecule has 0 aromatic heterocycles. The van der Waals surface area contributed by atoms with E-state index >= 15 is 0 Å². The van der Waals surface area contributed by atoms with E-state index in [1.807, 2.05) is 24.3 Å². The zero-order chi connectivity index (χ0) is 13.0. The molecular formula is C14H18BrNO2. The molecule has 0 saturated heterocycles. The molecule has 1 fully saturated rings. The lowest BCUT2D eigenvalue weighted by Crippen LogP contribution is -2.45. The van der Waals surface area contributed by atoms with E-state index in [0.29, 0.717) is 6.42 Å². The van der Waals surface area contributed by atoms with Crippen molar-refractivity contribution in [1.82, 2.24) is 5.32 Å². The number of aliphatic hydroxyl groups is 1. The Kier molecular flexibility index (Phi) is 4.78. The lowest BCUT2D eigenvalue weighted by Gasteiger charge is -2.28. The predicted molar refractivity (Wildman–Crippen MR) is 74.3 cm³/mol. The lowest BCUT2D eigenvalue weighted by molar-refractivity contribution is -0.122. The summed E-state index contributed by atoms with van der Waals surface area (Å²) in [6.07, 6.45) is 3.81. The molecule has 1 aromatic carbocycles. The fourth-order valence-electron chi connectivity index (χ4n) is 2.33. The van der Waals surface area contributed by atoms with E-state index < -0.39 is 0 Å². The minimum absolute atomic E-state index is 0.0109. The zero-order valence-electron chi connectivity index (χ0n) is 10.2. The second kappa shape index (κ2) is 6.34. The average Bonchev–Trinajstić information content (AvgIpc) is 2.35. The smallest absolute Gasteiger partial charge is 0.224 e. The Morgan fingerprint density at radius 1 is 1.28 bits per heavy atom. The van der Waals surface area contributed by atoms with Crippen LogP contribution in [0.5, 0.6) is 0 Å². The number of hydrogen-bond acceptors (Lipinski definition) is 2. The first-order valence-corrected chi connectivity index (χ1v) is 7.16. The van der Waals surface area contributed by atoms with Crippen LogP contribution in [0.2, 0.25) is 0 Å². The van der Waals surface area contributed by atoms with E-state index in [9.17, 15) is 9.90 Å². The highest BCUT2D eigenvalue weighted by Gasteiger charge is 2.24. The van der Waals surface area contributed by atoms with E-state index in [0.717, 1.165) is 35.7 Å². The van der Waals surface area contributed by atoms with Gasteiger partial charge in [-0.2, -0.15) is 0 Å². The van der Waals surface area contributed by atoms with Gasteiger partial charge >= 0.3 is 0 Å². The third kappa shape index (κ3) is 3.82. The first-order chi connectivity index (χ1) is 8.65. The van der Waals surface area contributed by atoms with Crippen molar-refractivity contribution in [3.63, 3.8) is 0 Å². The van der Waals surface area contributed by atoms with E-state index in [-0.39, 0.29) is 18.1 Å². The summed E-state index contributed by atoms with van der Waals surface area (Å²) in [5, 5.41) is 12.7. The molecule has 98 valence electrons. The summed E-state index contributed by atoms with van der Waals surface area (Å²) < 4.78 is 1.01. The topological polar surface area (TPSA) is 49.3 Å². The van der Waals surface area contributed by atoms with Crippen LogP contribution in [-0.4, -0.2) is 23.2 Å². The normalized spacial score (nSPS) is 23.7. The largest absolute Gasteiger partial charge is 0.391 e. The predicted octanol–water partition coefficient (Wildman–Crippen LogP) is 2.41. The SMILES string of the molecule is O=C(Cc1ccc(Br)cc1)N[C@@H]1CCCC[C@@H]1O. The quantitative estimate of drug-likeness (QED) is 0.900. The van der Waals surface area contributed by atoms with Gasteiger partial charge in [0.1, 0.15) is 0 Å². The summed E-state index contributed by atoms with van der Waals surface area (Å²) in [6, 6.07) is 7.65. The lowest BCUT2D eigenvalue weighted by atomic mass is 9.92. The van der Waals surface area contributed by atoms with E-state index in [1.54, 1.807) is 0 Å². The standard InChI is InChI=1S/C14H18BrNO2/c15-11-7-5-10(6-8-11)9-14(18)16-12-3-1-2-4-13(12)17/h5-8,12-13,17H,1-4,9H2,(H,16,18)/t12-,13+/m1/s1. The Labute approximate surface area is 116 Å². The van der Waals surface area contributed by atoms with Gasteiger partial charge in [0.2, 0.25) is 5.91 Å². The zero-order valence-corrected chi connectivity index (χ0v) is 11.8. The third-order valence-corrected chi connectivity index (χ3v) is 3.88. The number of rotatable bonds is 3. The Morgan fingerprint density at radius 2 is 1.94 bits per heavy atom. The Balaban J connectivity index is 1.86. The minimum Gasteiger partial charge on any atom is -0.391 e. The highest BCUT2D eigenvalue weighted by molar-refractivity contribution is 9.10. The molecule has 0 aliphatic heterocycles. The molecule has 1 aromatic rings. The number of amides is 1. The van der Waals surface area contributed by atoms with Gasteiger partial charge in [-0.05, 0) is 30.5 Å². The molecule has 2 rings (SSSR count). The van der Waals surface area contributed by atoms with Crippen molar-refractivity contribution in [2.75, 3.05) is 0 Å². The molecule has 2 atom stereocenters. The van der Waals surface area contributed by atoms with Crippen LogP contribution in [0.25, 0.3) is 0 Å². The molecule has 2 N–H and O–H groups in total. The average molecular weight is 312 g/mol. The monoisotopic (exact) mass is 311 g/mol. The van der Waals surface area contributed by atoms with Crippen molar-refractivity contribution in [1.29, 1.82) is 0 Å². The van der Waals surface area contributed by atoms with Gasteiger partial charge < -0.3 is 10.4 Å². The molecule has 1 aliphatic rings. The second-order valence-corrected chi connectivity index (χ2v) is 5.74. The number of benzene rings is 1. The molecule has 4 heteroatoms. The molecule has 0 unspecified atom stereocenters. The molecule has 18 heavy (non-hydrogen) atoms. The van der Waals surface area contributed by atoms with E-state index in [2.05, 4.69) is 21.2 Å². The maximum Gasteiger partial charge on any atom is 0.224 e. The number of carbonyl (C=O) groups excluding carboxylic acids is 1. The highest BCUT2D eigenvalue weighted by atomic mass is 79.9. The summed E-state index contributed by atoms with van der Waals surface area (Å²) in [5.41, 5.74) is 0.987. The van der Waals surface area contributed by atoms with Crippen molar-refractivity contribution in [2.24, 2.45) is 0 Å². The molecule has 1 aliphatic carbocycles. The fraction of sp³-hybridized carbons (Fsp3) is 0.500. The second-order valence-electron chi connectivity index (χ2n) is 4.83. The molecule has 0 heterocycles. The maximum absolute atomic E-state index is 11.9. The first-order valence-electron chi connectivity index (χ1n) is 6.37. The summed E-state index contributed by atoms with van der Waals surface area (Å²) in [4.78, 5) is 11.9. The van der Waals surface area contributed by atoms with Gasteiger partial charge in [0, 0.05) is 4.47 Å². The fourth-order valence-corrected chi connectivity index (χ4v) is 2.59. The van der Waals surface area contributed by atoms with Crippen LogP contribution < -0.4 is 5.32 Å². The number of halogens is 1. The molecule has 1 saturated carbocycles. The van der Waals surface area contributed by atoms with Crippen molar-refractivity contribution in [2.45, 2.75) is 44.2 Å². The van der Waals surface area contributed by atoms with Crippen LogP contribution in [0, 0.1) is 0 Å². The van der Waals surface area contributed by atoms with Gasteiger partial charge in [0.05, 0.1) is 18.6 Å². The number of aliphatic hydroxyl groups excluding tert-OH is 1. The van der Waals surface area contributed by atoms with Crippen LogP contribution in [0.4, 0.5) is 0 Å². The molecular weight excluding hydrogens is 294 g/mol. The summed E-state index contributed by atoms with van der Waals surface area (Å²) in [5.74, 6) is -0.0109. The minimum atomic E-state index is -0.382. The molecule has 0 bridgehead atoms. The van der Waals surface area contributed by atoms with Crippen LogP contribution >= 0.6 is 15.9 Å².